The van der Waals surface area contributed by atoms with Crippen molar-refractivity contribution in [3.63, 3.8) is 0 Å². The van der Waals surface area contributed by atoms with Crippen LogP contribution in [-0.2, 0) is 23.1 Å². The standard InChI is InChI=1S/C24H17F2N3O4S/c25-18-7-5-8-19(26)17(18)14-28-21-10-3-4-11-22(21)34(32,33)29(24(28)31)13-15-12-23(30)27-20-9-2-1-6-16(15)20/h1-12H,13-14H2,(H,27,30). The summed E-state index contributed by atoms with van der Waals surface area (Å²) in [6.07, 6.45) is 0. The van der Waals surface area contributed by atoms with E-state index >= 15 is 0 Å². The van der Waals surface area contributed by atoms with Gasteiger partial charge in [0.05, 0.1) is 18.8 Å². The van der Waals surface area contributed by atoms with Gasteiger partial charge in [-0.05, 0) is 35.9 Å². The third-order valence-electron chi connectivity index (χ3n) is 5.70. The first kappa shape index (κ1) is 21.8. The van der Waals surface area contributed by atoms with Crippen LogP contribution in [0.15, 0.2) is 82.5 Å². The van der Waals surface area contributed by atoms with Gasteiger partial charge in [-0.2, -0.15) is 0 Å². The van der Waals surface area contributed by atoms with E-state index < -0.39 is 46.3 Å². The normalized spacial score (nSPS) is 14.9. The molecule has 10 heteroatoms. The number of halogens is 2. The van der Waals surface area contributed by atoms with E-state index in [4.69, 9.17) is 0 Å². The maximum Gasteiger partial charge on any atom is 0.339 e. The number of nitrogens with one attached hydrogen (secondary N) is 1. The monoisotopic (exact) mass is 481 g/mol. The largest absolute Gasteiger partial charge is 0.339 e. The Morgan fingerprint density at radius 2 is 1.50 bits per heavy atom. The number of para-hydroxylation sites is 2. The maximum absolute atomic E-state index is 14.4. The molecule has 0 spiro atoms. The van der Waals surface area contributed by atoms with Gasteiger partial charge in [-0.1, -0.05) is 36.4 Å². The lowest BCUT2D eigenvalue weighted by Gasteiger charge is -2.36. The van der Waals surface area contributed by atoms with Crippen molar-refractivity contribution >= 4 is 32.6 Å². The van der Waals surface area contributed by atoms with Crippen LogP contribution < -0.4 is 10.5 Å². The van der Waals surface area contributed by atoms with Crippen LogP contribution in [0.25, 0.3) is 10.9 Å². The number of benzene rings is 3. The summed E-state index contributed by atoms with van der Waals surface area (Å²) in [6.45, 7) is -0.952. The number of aromatic nitrogens is 1. The first-order valence-corrected chi connectivity index (χ1v) is 11.7. The molecule has 2 heterocycles. The fourth-order valence-electron chi connectivity index (χ4n) is 4.07. The number of H-pyrrole nitrogens is 1. The molecule has 0 radical (unpaired) electrons. The van der Waals surface area contributed by atoms with Gasteiger partial charge < -0.3 is 4.98 Å². The van der Waals surface area contributed by atoms with Crippen molar-refractivity contribution in [1.82, 2.24) is 9.29 Å². The van der Waals surface area contributed by atoms with Gasteiger partial charge in [0.2, 0.25) is 5.56 Å². The molecule has 4 aromatic rings. The SMILES string of the molecule is O=C1N(Cc2c(F)cccc2F)c2ccccc2S(=O)(=O)N1Cc1cc(=O)[nH]c2ccccc12. The highest BCUT2D eigenvalue weighted by molar-refractivity contribution is 7.90. The van der Waals surface area contributed by atoms with Crippen LogP contribution in [-0.4, -0.2) is 23.7 Å². The highest BCUT2D eigenvalue weighted by Crippen LogP contribution is 2.37. The molecule has 1 N–H and O–H groups in total. The minimum atomic E-state index is -4.31. The average Bonchev–Trinajstić information content (AvgIpc) is 2.81. The zero-order valence-corrected chi connectivity index (χ0v) is 18.4. The van der Waals surface area contributed by atoms with E-state index in [0.717, 1.165) is 17.0 Å². The van der Waals surface area contributed by atoms with E-state index in [9.17, 15) is 26.8 Å². The second kappa shape index (κ2) is 8.07. The van der Waals surface area contributed by atoms with Crippen molar-refractivity contribution in [3.05, 3.63) is 106 Å². The van der Waals surface area contributed by atoms with Gasteiger partial charge in [-0.15, -0.1) is 0 Å². The molecule has 1 aliphatic rings. The molecule has 3 aromatic carbocycles. The number of anilines is 1. The fourth-order valence-corrected chi connectivity index (χ4v) is 5.61. The fraction of sp³-hybridized carbons (Fsp3) is 0.0833. The van der Waals surface area contributed by atoms with Crippen LogP contribution in [0, 0.1) is 11.6 Å². The topological polar surface area (TPSA) is 90.6 Å². The molecular formula is C24H17F2N3O4S. The Balaban J connectivity index is 1.65. The van der Waals surface area contributed by atoms with Gasteiger partial charge in [-0.3, -0.25) is 9.69 Å². The van der Waals surface area contributed by atoms with E-state index in [1.54, 1.807) is 24.3 Å². The lowest BCUT2D eigenvalue weighted by Crippen LogP contribution is -2.50. The molecule has 5 rings (SSSR count). The molecule has 0 fully saturated rings. The van der Waals surface area contributed by atoms with Crippen molar-refractivity contribution in [2.24, 2.45) is 0 Å². The van der Waals surface area contributed by atoms with Gasteiger partial charge >= 0.3 is 6.03 Å². The summed E-state index contributed by atoms with van der Waals surface area (Å²) in [4.78, 5) is 29.2. The number of urea groups is 1. The molecule has 0 aliphatic carbocycles. The second-order valence-electron chi connectivity index (χ2n) is 7.75. The Kier molecular flexibility index (Phi) is 5.17. The molecule has 7 nitrogen and oxygen atoms in total. The number of fused-ring (bicyclic) bond motifs is 2. The van der Waals surface area contributed by atoms with Crippen molar-refractivity contribution in [2.45, 2.75) is 18.0 Å². The van der Waals surface area contributed by atoms with Crippen LogP contribution >= 0.6 is 0 Å². The Morgan fingerprint density at radius 1 is 0.824 bits per heavy atom. The van der Waals surface area contributed by atoms with Crippen molar-refractivity contribution in [2.75, 3.05) is 4.90 Å². The van der Waals surface area contributed by atoms with Gasteiger partial charge in [0, 0.05) is 22.5 Å². The minimum absolute atomic E-state index is 0.0159. The summed E-state index contributed by atoms with van der Waals surface area (Å²) >= 11 is 0. The van der Waals surface area contributed by atoms with Gasteiger partial charge in [0.15, 0.2) is 0 Å². The van der Waals surface area contributed by atoms with Crippen molar-refractivity contribution < 1.29 is 22.0 Å². The minimum Gasteiger partial charge on any atom is -0.322 e. The highest BCUT2D eigenvalue weighted by atomic mass is 32.2. The molecule has 0 saturated heterocycles. The summed E-state index contributed by atoms with van der Waals surface area (Å²) in [7, 11) is -4.31. The molecule has 2 amide bonds. The number of rotatable bonds is 4. The number of pyridine rings is 1. The van der Waals surface area contributed by atoms with E-state index in [1.807, 2.05) is 0 Å². The first-order chi connectivity index (χ1) is 16.3. The number of carbonyl (C=O) groups excluding carboxylic acids is 1. The number of aromatic amines is 1. The predicted molar refractivity (Wildman–Crippen MR) is 122 cm³/mol. The molecule has 0 bridgehead atoms. The molecule has 0 saturated carbocycles. The number of hydrogen-bond donors (Lipinski definition) is 1. The Morgan fingerprint density at radius 3 is 2.26 bits per heavy atom. The summed E-state index contributed by atoms with van der Waals surface area (Å²) in [5.74, 6) is -1.71. The van der Waals surface area contributed by atoms with E-state index in [0.29, 0.717) is 20.8 Å². The summed E-state index contributed by atoms with van der Waals surface area (Å²) < 4.78 is 56.2. The first-order valence-electron chi connectivity index (χ1n) is 10.2. The zero-order valence-electron chi connectivity index (χ0n) is 17.5. The second-order valence-corrected chi connectivity index (χ2v) is 9.58. The molecule has 172 valence electrons. The number of amides is 2. The lowest BCUT2D eigenvalue weighted by atomic mass is 10.1. The molecular weight excluding hydrogens is 464 g/mol. The zero-order chi connectivity index (χ0) is 24.0. The van der Waals surface area contributed by atoms with Crippen LogP contribution in [0.3, 0.4) is 0 Å². The maximum atomic E-state index is 14.4. The number of sulfonamides is 1. The van der Waals surface area contributed by atoms with Crippen LogP contribution in [0.1, 0.15) is 11.1 Å². The smallest absolute Gasteiger partial charge is 0.322 e. The molecule has 1 aliphatic heterocycles. The van der Waals surface area contributed by atoms with E-state index in [-0.39, 0.29) is 16.1 Å². The number of nitrogens with zero attached hydrogens (tertiary/aromatic N) is 2. The van der Waals surface area contributed by atoms with Crippen LogP contribution in [0.5, 0.6) is 0 Å². The van der Waals surface area contributed by atoms with E-state index in [2.05, 4.69) is 4.98 Å². The van der Waals surface area contributed by atoms with Gasteiger partial charge in [-0.25, -0.2) is 26.3 Å². The van der Waals surface area contributed by atoms with Crippen molar-refractivity contribution in [1.29, 1.82) is 0 Å². The summed E-state index contributed by atoms with van der Waals surface area (Å²) in [5.41, 5.74) is -0.0138. The molecule has 34 heavy (non-hydrogen) atoms. The quantitative estimate of drug-likeness (QED) is 0.475. The predicted octanol–water partition coefficient (Wildman–Crippen LogP) is 4.14. The van der Waals surface area contributed by atoms with Gasteiger partial charge in [0.1, 0.15) is 16.5 Å². The summed E-state index contributed by atoms with van der Waals surface area (Å²) in [6, 6.07) is 16.1. The van der Waals surface area contributed by atoms with Crippen LogP contribution in [0.4, 0.5) is 19.3 Å². The van der Waals surface area contributed by atoms with Crippen LogP contribution in [0.2, 0.25) is 0 Å². The molecule has 0 unspecified atom stereocenters. The Bertz CT molecular complexity index is 1600. The lowest BCUT2D eigenvalue weighted by molar-refractivity contribution is 0.226. The molecule has 1 aromatic heterocycles. The average molecular weight is 481 g/mol. The summed E-state index contributed by atoms with van der Waals surface area (Å²) in [5, 5.41) is 0.565. The third kappa shape index (κ3) is 3.52. The highest BCUT2D eigenvalue weighted by Gasteiger charge is 2.42. The Labute approximate surface area is 192 Å². The third-order valence-corrected chi connectivity index (χ3v) is 7.46. The number of hydrogen-bond acceptors (Lipinski definition) is 4. The Hall–Kier alpha value is -4.05. The van der Waals surface area contributed by atoms with Crippen molar-refractivity contribution in [3.8, 4) is 0 Å². The molecule has 0 atom stereocenters. The van der Waals surface area contributed by atoms with E-state index in [1.165, 1.54) is 36.4 Å². The van der Waals surface area contributed by atoms with Gasteiger partial charge in [0.25, 0.3) is 10.0 Å². The number of carbonyl (C=O) groups is 1.